The summed E-state index contributed by atoms with van der Waals surface area (Å²) in [5.74, 6) is 0.595. The predicted molar refractivity (Wildman–Crippen MR) is 61.0 cm³/mol. The summed E-state index contributed by atoms with van der Waals surface area (Å²) in [6.45, 7) is 7.17. The molecule has 92 valence electrons. The van der Waals surface area contributed by atoms with Crippen LogP contribution in [0.5, 0.6) is 0 Å². The van der Waals surface area contributed by atoms with Crippen LogP contribution in [0.3, 0.4) is 0 Å². The Bertz CT molecular complexity index is 131. The fourth-order valence-electron chi connectivity index (χ4n) is 1.40. The van der Waals surface area contributed by atoms with Crippen molar-refractivity contribution >= 4 is 0 Å². The SMILES string of the molecule is COCCC(NCCOCCO)C(C)C. The highest BCUT2D eigenvalue weighted by Crippen LogP contribution is 2.05. The second-order valence-electron chi connectivity index (χ2n) is 3.92. The van der Waals surface area contributed by atoms with E-state index in [-0.39, 0.29) is 6.61 Å². The number of nitrogens with one attached hydrogen (secondary N) is 1. The van der Waals surface area contributed by atoms with Crippen molar-refractivity contribution in [3.05, 3.63) is 0 Å². The highest BCUT2D eigenvalue weighted by atomic mass is 16.5. The molecule has 0 fully saturated rings. The summed E-state index contributed by atoms with van der Waals surface area (Å²) in [5.41, 5.74) is 0. The smallest absolute Gasteiger partial charge is 0.0698 e. The van der Waals surface area contributed by atoms with Crippen molar-refractivity contribution in [2.75, 3.05) is 40.1 Å². The van der Waals surface area contributed by atoms with Gasteiger partial charge in [-0.1, -0.05) is 13.8 Å². The Morgan fingerprint density at radius 1 is 1.20 bits per heavy atom. The first-order valence-corrected chi connectivity index (χ1v) is 5.63. The van der Waals surface area contributed by atoms with Crippen LogP contribution in [0, 0.1) is 5.92 Å². The van der Waals surface area contributed by atoms with E-state index >= 15 is 0 Å². The van der Waals surface area contributed by atoms with Gasteiger partial charge in [-0.15, -0.1) is 0 Å². The predicted octanol–water partition coefficient (Wildman–Crippen LogP) is 0.646. The molecule has 0 radical (unpaired) electrons. The summed E-state index contributed by atoms with van der Waals surface area (Å²) in [4.78, 5) is 0. The monoisotopic (exact) mass is 219 g/mol. The minimum absolute atomic E-state index is 0.0945. The number of methoxy groups -OCH3 is 1. The van der Waals surface area contributed by atoms with Crippen LogP contribution >= 0.6 is 0 Å². The number of rotatable bonds is 10. The zero-order valence-corrected chi connectivity index (χ0v) is 10.2. The molecule has 0 spiro atoms. The van der Waals surface area contributed by atoms with Gasteiger partial charge in [0.2, 0.25) is 0 Å². The van der Waals surface area contributed by atoms with Crippen molar-refractivity contribution < 1.29 is 14.6 Å². The lowest BCUT2D eigenvalue weighted by molar-refractivity contribution is 0.0901. The number of aliphatic hydroxyl groups excluding tert-OH is 1. The normalized spacial score (nSPS) is 13.4. The lowest BCUT2D eigenvalue weighted by Gasteiger charge is -2.22. The van der Waals surface area contributed by atoms with E-state index in [0.29, 0.717) is 25.2 Å². The summed E-state index contributed by atoms with van der Waals surface area (Å²) in [6, 6.07) is 0.475. The van der Waals surface area contributed by atoms with E-state index in [0.717, 1.165) is 19.6 Å². The molecule has 1 atom stereocenters. The Hall–Kier alpha value is -0.160. The van der Waals surface area contributed by atoms with Crippen LogP contribution in [0.1, 0.15) is 20.3 Å². The van der Waals surface area contributed by atoms with Gasteiger partial charge in [0.05, 0.1) is 19.8 Å². The standard InChI is InChI=1S/C11H25NO3/c1-10(2)11(4-7-14-3)12-5-8-15-9-6-13/h10-13H,4-9H2,1-3H3. The molecular formula is C11H25NO3. The van der Waals surface area contributed by atoms with Crippen LogP contribution in [0.4, 0.5) is 0 Å². The lowest BCUT2D eigenvalue weighted by atomic mass is 10.0. The average Bonchev–Trinajstić information content (AvgIpc) is 2.21. The molecule has 0 bridgehead atoms. The fourth-order valence-corrected chi connectivity index (χ4v) is 1.40. The Kier molecular flexibility index (Phi) is 10.3. The lowest BCUT2D eigenvalue weighted by Crippen LogP contribution is -2.37. The van der Waals surface area contributed by atoms with E-state index in [1.54, 1.807) is 7.11 Å². The third-order valence-corrected chi connectivity index (χ3v) is 2.33. The van der Waals surface area contributed by atoms with E-state index in [4.69, 9.17) is 14.6 Å². The summed E-state index contributed by atoms with van der Waals surface area (Å²) >= 11 is 0. The molecule has 0 aliphatic rings. The fraction of sp³-hybridized carbons (Fsp3) is 1.00. The first-order valence-electron chi connectivity index (χ1n) is 5.63. The van der Waals surface area contributed by atoms with Gasteiger partial charge in [0.25, 0.3) is 0 Å². The first kappa shape index (κ1) is 14.8. The number of aliphatic hydroxyl groups is 1. The molecule has 0 saturated heterocycles. The molecular weight excluding hydrogens is 194 g/mol. The van der Waals surface area contributed by atoms with Gasteiger partial charge >= 0.3 is 0 Å². The number of hydrogen-bond acceptors (Lipinski definition) is 4. The van der Waals surface area contributed by atoms with Gasteiger partial charge in [-0.25, -0.2) is 0 Å². The van der Waals surface area contributed by atoms with Crippen LogP contribution in [-0.2, 0) is 9.47 Å². The molecule has 4 nitrogen and oxygen atoms in total. The van der Waals surface area contributed by atoms with Gasteiger partial charge in [0.1, 0.15) is 0 Å². The number of ether oxygens (including phenoxy) is 2. The third kappa shape index (κ3) is 8.81. The van der Waals surface area contributed by atoms with E-state index in [1.165, 1.54) is 0 Å². The van der Waals surface area contributed by atoms with Crippen molar-refractivity contribution in [2.45, 2.75) is 26.3 Å². The Morgan fingerprint density at radius 3 is 2.47 bits per heavy atom. The topological polar surface area (TPSA) is 50.7 Å². The Morgan fingerprint density at radius 2 is 1.93 bits per heavy atom. The third-order valence-electron chi connectivity index (χ3n) is 2.33. The van der Waals surface area contributed by atoms with Crippen LogP contribution in [0.15, 0.2) is 0 Å². The van der Waals surface area contributed by atoms with Crippen molar-refractivity contribution in [3.8, 4) is 0 Å². The molecule has 0 aliphatic heterocycles. The van der Waals surface area contributed by atoms with E-state index in [1.807, 2.05) is 0 Å². The van der Waals surface area contributed by atoms with Gasteiger partial charge < -0.3 is 19.9 Å². The molecule has 0 aromatic carbocycles. The Labute approximate surface area is 93.0 Å². The highest BCUT2D eigenvalue weighted by Gasteiger charge is 2.11. The van der Waals surface area contributed by atoms with Crippen molar-refractivity contribution in [1.82, 2.24) is 5.32 Å². The molecule has 0 amide bonds. The zero-order valence-electron chi connectivity index (χ0n) is 10.2. The zero-order chi connectivity index (χ0) is 11.5. The van der Waals surface area contributed by atoms with Crippen LogP contribution in [0.2, 0.25) is 0 Å². The van der Waals surface area contributed by atoms with Gasteiger partial charge in [0.15, 0.2) is 0 Å². The molecule has 0 heterocycles. The summed E-state index contributed by atoms with van der Waals surface area (Å²) in [6.07, 6.45) is 1.02. The van der Waals surface area contributed by atoms with Gasteiger partial charge in [-0.05, 0) is 12.3 Å². The summed E-state index contributed by atoms with van der Waals surface area (Å²) in [5, 5.41) is 11.9. The highest BCUT2D eigenvalue weighted by molar-refractivity contribution is 4.69. The van der Waals surface area contributed by atoms with Crippen molar-refractivity contribution in [1.29, 1.82) is 0 Å². The molecule has 0 aromatic heterocycles. The summed E-state index contributed by atoms with van der Waals surface area (Å²) in [7, 11) is 1.72. The molecule has 4 heteroatoms. The van der Waals surface area contributed by atoms with E-state index < -0.39 is 0 Å². The van der Waals surface area contributed by atoms with Crippen LogP contribution in [-0.4, -0.2) is 51.2 Å². The number of hydrogen-bond donors (Lipinski definition) is 2. The molecule has 0 saturated carbocycles. The minimum atomic E-state index is 0.0945. The maximum atomic E-state index is 8.52. The van der Waals surface area contributed by atoms with Crippen LogP contribution < -0.4 is 5.32 Å². The second kappa shape index (κ2) is 10.4. The van der Waals surface area contributed by atoms with Crippen LogP contribution in [0.25, 0.3) is 0 Å². The molecule has 0 aliphatic carbocycles. The van der Waals surface area contributed by atoms with Gasteiger partial charge in [0, 0.05) is 26.3 Å². The maximum absolute atomic E-state index is 8.52. The largest absolute Gasteiger partial charge is 0.394 e. The maximum Gasteiger partial charge on any atom is 0.0698 e. The quantitative estimate of drug-likeness (QED) is 0.530. The van der Waals surface area contributed by atoms with Crippen molar-refractivity contribution in [2.24, 2.45) is 5.92 Å². The van der Waals surface area contributed by atoms with E-state index in [2.05, 4.69) is 19.2 Å². The molecule has 0 aromatic rings. The minimum Gasteiger partial charge on any atom is -0.394 e. The molecule has 0 rings (SSSR count). The summed E-state index contributed by atoms with van der Waals surface area (Å²) < 4.78 is 10.2. The van der Waals surface area contributed by atoms with Gasteiger partial charge in [-0.2, -0.15) is 0 Å². The van der Waals surface area contributed by atoms with Gasteiger partial charge in [-0.3, -0.25) is 0 Å². The molecule has 1 unspecified atom stereocenters. The van der Waals surface area contributed by atoms with E-state index in [9.17, 15) is 0 Å². The first-order chi connectivity index (χ1) is 7.22. The van der Waals surface area contributed by atoms with Crippen molar-refractivity contribution in [3.63, 3.8) is 0 Å². The molecule has 2 N–H and O–H groups in total. The molecule has 15 heavy (non-hydrogen) atoms. The second-order valence-corrected chi connectivity index (χ2v) is 3.92. The average molecular weight is 219 g/mol. The Balaban J connectivity index is 3.48.